The molecule has 0 bridgehead atoms. The lowest BCUT2D eigenvalue weighted by Crippen LogP contribution is -2.16. The molecule has 0 aliphatic carbocycles. The van der Waals surface area contributed by atoms with E-state index in [2.05, 4.69) is 42.1 Å². The van der Waals surface area contributed by atoms with Crippen molar-refractivity contribution in [3.63, 3.8) is 0 Å². The third-order valence-corrected chi connectivity index (χ3v) is 5.50. The van der Waals surface area contributed by atoms with Crippen molar-refractivity contribution in [3.05, 3.63) is 40.5 Å². The maximum absolute atomic E-state index is 5.68. The van der Waals surface area contributed by atoms with Gasteiger partial charge in [-0.3, -0.25) is 0 Å². The smallest absolute Gasteiger partial charge is 0.161 e. The molecule has 0 amide bonds. The van der Waals surface area contributed by atoms with E-state index in [0.717, 1.165) is 33.1 Å². The van der Waals surface area contributed by atoms with Crippen LogP contribution in [0, 0.1) is 13.8 Å². The topological polar surface area (TPSA) is 56.3 Å². The molecular formula is C18H19N3O2S. The molecule has 1 aliphatic heterocycles. The summed E-state index contributed by atoms with van der Waals surface area (Å²) in [7, 11) is 0. The predicted molar refractivity (Wildman–Crippen MR) is 96.4 cm³/mol. The lowest BCUT2D eigenvalue weighted by Gasteiger charge is -2.21. The number of hydrogen-bond donors (Lipinski definition) is 1. The Kier molecular flexibility index (Phi) is 3.76. The van der Waals surface area contributed by atoms with E-state index in [9.17, 15) is 0 Å². The summed E-state index contributed by atoms with van der Waals surface area (Å²) >= 11 is 1.71. The number of aryl methyl sites for hydroxylation is 2. The zero-order valence-electron chi connectivity index (χ0n) is 13.9. The van der Waals surface area contributed by atoms with E-state index in [0.29, 0.717) is 13.2 Å². The van der Waals surface area contributed by atoms with Crippen molar-refractivity contribution in [2.75, 3.05) is 18.5 Å². The van der Waals surface area contributed by atoms with Gasteiger partial charge in [0.05, 0.1) is 11.4 Å². The van der Waals surface area contributed by atoms with Crippen LogP contribution in [0.4, 0.5) is 5.82 Å². The van der Waals surface area contributed by atoms with Crippen LogP contribution in [0.1, 0.15) is 29.0 Å². The molecule has 0 fully saturated rings. The summed E-state index contributed by atoms with van der Waals surface area (Å²) in [6.45, 7) is 7.56. The van der Waals surface area contributed by atoms with Crippen molar-refractivity contribution >= 4 is 27.4 Å². The molecule has 4 rings (SSSR count). The normalized spacial score (nSPS) is 14.6. The van der Waals surface area contributed by atoms with E-state index >= 15 is 0 Å². The second-order valence-electron chi connectivity index (χ2n) is 5.95. The van der Waals surface area contributed by atoms with Crippen LogP contribution in [0.3, 0.4) is 0 Å². The highest BCUT2D eigenvalue weighted by Gasteiger charge is 2.17. The standard InChI is InChI=1S/C18H19N3O2S/c1-10-12(3)24-18-16(10)17(19-9-20-18)21-11(2)13-4-5-14-15(8-13)23-7-6-22-14/h4-5,8-9,11H,6-7H2,1-3H3,(H,19,20,21)/t11-/m1/s1. The molecule has 24 heavy (non-hydrogen) atoms. The molecule has 6 heteroatoms. The molecule has 0 unspecified atom stereocenters. The third kappa shape index (κ3) is 2.57. The van der Waals surface area contributed by atoms with Gasteiger partial charge in [-0.25, -0.2) is 9.97 Å². The molecular weight excluding hydrogens is 322 g/mol. The largest absolute Gasteiger partial charge is 0.486 e. The van der Waals surface area contributed by atoms with Crippen molar-refractivity contribution in [2.45, 2.75) is 26.8 Å². The van der Waals surface area contributed by atoms with Gasteiger partial charge in [0.1, 0.15) is 30.2 Å². The molecule has 0 saturated heterocycles. The molecule has 2 aromatic heterocycles. The zero-order valence-corrected chi connectivity index (χ0v) is 14.7. The maximum atomic E-state index is 5.68. The third-order valence-electron chi connectivity index (χ3n) is 4.38. The molecule has 0 spiro atoms. The molecule has 124 valence electrons. The summed E-state index contributed by atoms with van der Waals surface area (Å²) in [6, 6.07) is 6.17. The first-order chi connectivity index (χ1) is 11.6. The molecule has 0 radical (unpaired) electrons. The highest BCUT2D eigenvalue weighted by Crippen LogP contribution is 2.36. The highest BCUT2D eigenvalue weighted by atomic mass is 32.1. The van der Waals surface area contributed by atoms with Crippen LogP contribution < -0.4 is 14.8 Å². The Morgan fingerprint density at radius 2 is 1.92 bits per heavy atom. The number of thiophene rings is 1. The minimum atomic E-state index is 0.0959. The van der Waals surface area contributed by atoms with Crippen molar-refractivity contribution < 1.29 is 9.47 Å². The number of benzene rings is 1. The Labute approximate surface area is 144 Å². The summed E-state index contributed by atoms with van der Waals surface area (Å²) in [5.41, 5.74) is 2.38. The highest BCUT2D eigenvalue weighted by molar-refractivity contribution is 7.18. The number of aromatic nitrogens is 2. The second-order valence-corrected chi connectivity index (χ2v) is 7.16. The molecule has 3 heterocycles. The number of anilines is 1. The number of nitrogens with zero attached hydrogens (tertiary/aromatic N) is 2. The summed E-state index contributed by atoms with van der Waals surface area (Å²) in [5.74, 6) is 2.50. The van der Waals surface area contributed by atoms with E-state index in [4.69, 9.17) is 9.47 Å². The van der Waals surface area contributed by atoms with Gasteiger partial charge >= 0.3 is 0 Å². The Balaban J connectivity index is 1.66. The Morgan fingerprint density at radius 1 is 1.12 bits per heavy atom. The van der Waals surface area contributed by atoms with E-state index in [-0.39, 0.29) is 6.04 Å². The van der Waals surface area contributed by atoms with Gasteiger partial charge in [-0.2, -0.15) is 0 Å². The van der Waals surface area contributed by atoms with Gasteiger partial charge in [-0.05, 0) is 44.0 Å². The van der Waals surface area contributed by atoms with Crippen molar-refractivity contribution in [3.8, 4) is 11.5 Å². The molecule has 5 nitrogen and oxygen atoms in total. The fraction of sp³-hybridized carbons (Fsp3) is 0.333. The van der Waals surface area contributed by atoms with Crippen molar-refractivity contribution in [2.24, 2.45) is 0 Å². The zero-order chi connectivity index (χ0) is 16.7. The maximum Gasteiger partial charge on any atom is 0.161 e. The molecule has 1 aromatic carbocycles. The van der Waals surface area contributed by atoms with Crippen LogP contribution in [0.2, 0.25) is 0 Å². The molecule has 3 aromatic rings. The molecule has 0 saturated carbocycles. The van der Waals surface area contributed by atoms with Gasteiger partial charge in [0.25, 0.3) is 0 Å². The fourth-order valence-corrected chi connectivity index (χ4v) is 3.91. The van der Waals surface area contributed by atoms with Gasteiger partial charge in [-0.15, -0.1) is 11.3 Å². The predicted octanol–water partition coefficient (Wildman–Crippen LogP) is 4.25. The van der Waals surface area contributed by atoms with Crippen LogP contribution >= 0.6 is 11.3 Å². The first-order valence-corrected chi connectivity index (χ1v) is 8.82. The monoisotopic (exact) mass is 341 g/mol. The lowest BCUT2D eigenvalue weighted by atomic mass is 10.1. The first kappa shape index (κ1) is 15.2. The quantitative estimate of drug-likeness (QED) is 0.772. The Morgan fingerprint density at radius 3 is 2.75 bits per heavy atom. The lowest BCUT2D eigenvalue weighted by molar-refractivity contribution is 0.171. The number of nitrogens with one attached hydrogen (secondary N) is 1. The van der Waals surface area contributed by atoms with Crippen LogP contribution in [0.25, 0.3) is 10.2 Å². The number of ether oxygens (including phenoxy) is 2. The minimum Gasteiger partial charge on any atom is -0.486 e. The van der Waals surface area contributed by atoms with E-state index < -0.39 is 0 Å². The first-order valence-electron chi connectivity index (χ1n) is 8.00. The Bertz CT molecular complexity index is 907. The van der Waals surface area contributed by atoms with Gasteiger partial charge < -0.3 is 14.8 Å². The van der Waals surface area contributed by atoms with Crippen LogP contribution in [-0.2, 0) is 0 Å². The summed E-state index contributed by atoms with van der Waals surface area (Å²) in [6.07, 6.45) is 1.62. The Hall–Kier alpha value is -2.34. The fourth-order valence-electron chi connectivity index (χ4n) is 2.91. The van der Waals surface area contributed by atoms with Crippen LogP contribution in [0.5, 0.6) is 11.5 Å². The number of hydrogen-bond acceptors (Lipinski definition) is 6. The molecule has 1 atom stereocenters. The molecule has 1 aliphatic rings. The summed E-state index contributed by atoms with van der Waals surface area (Å²) in [5, 5.41) is 4.64. The van der Waals surface area contributed by atoms with E-state index in [1.165, 1.54) is 10.4 Å². The van der Waals surface area contributed by atoms with Gasteiger partial charge in [0.2, 0.25) is 0 Å². The average molecular weight is 341 g/mol. The van der Waals surface area contributed by atoms with Crippen molar-refractivity contribution in [1.82, 2.24) is 9.97 Å². The summed E-state index contributed by atoms with van der Waals surface area (Å²) < 4.78 is 11.3. The average Bonchev–Trinajstić information content (AvgIpc) is 2.90. The minimum absolute atomic E-state index is 0.0959. The van der Waals surface area contributed by atoms with E-state index in [1.54, 1.807) is 17.7 Å². The van der Waals surface area contributed by atoms with Crippen molar-refractivity contribution in [1.29, 1.82) is 0 Å². The van der Waals surface area contributed by atoms with Gasteiger partial charge in [0, 0.05) is 4.88 Å². The SMILES string of the molecule is Cc1sc2ncnc(N[C@H](C)c3ccc4c(c3)OCCO4)c2c1C. The number of rotatable bonds is 3. The number of fused-ring (bicyclic) bond motifs is 2. The second kappa shape index (κ2) is 5.94. The van der Waals surface area contributed by atoms with Crippen LogP contribution in [-0.4, -0.2) is 23.2 Å². The van der Waals surface area contributed by atoms with Gasteiger partial charge in [0.15, 0.2) is 11.5 Å². The van der Waals surface area contributed by atoms with E-state index in [1.807, 2.05) is 12.1 Å². The van der Waals surface area contributed by atoms with Crippen LogP contribution in [0.15, 0.2) is 24.5 Å². The summed E-state index contributed by atoms with van der Waals surface area (Å²) in [4.78, 5) is 11.2. The molecule has 1 N–H and O–H groups in total. The van der Waals surface area contributed by atoms with Gasteiger partial charge in [-0.1, -0.05) is 6.07 Å².